The second-order valence-electron chi connectivity index (χ2n) is 1.87. The minimum Gasteiger partial charge on any atom is -0.449 e. The maximum absolute atomic E-state index is 5.59. The highest BCUT2D eigenvalue weighted by atomic mass is 127. The summed E-state index contributed by atoms with van der Waals surface area (Å²) in [6, 6.07) is 1.67. The molecule has 0 radical (unpaired) electrons. The molecule has 0 N–H and O–H groups in total. The summed E-state index contributed by atoms with van der Waals surface area (Å²) in [4.78, 5) is 0. The fourth-order valence-electron chi connectivity index (χ4n) is 0.549. The number of hydrogen-bond acceptors (Lipinski definition) is 4. The van der Waals surface area contributed by atoms with Crippen molar-refractivity contribution in [1.29, 1.82) is 0 Å². The number of hydrogen-bond donors (Lipinski definition) is 0. The highest BCUT2D eigenvalue weighted by molar-refractivity contribution is 14.1. The Bertz CT molecular complexity index is 272. The second kappa shape index (κ2) is 4.78. The maximum Gasteiger partial charge on any atom is 0.249 e. The first-order chi connectivity index (χ1) is 5.74. The highest BCUT2D eigenvalue weighted by Gasteiger charge is 2.03. The molecule has 66 valence electrons. The third kappa shape index (κ3) is 2.72. The molecule has 0 fully saturated rings. The molecule has 0 atom stereocenters. The zero-order chi connectivity index (χ0) is 8.97. The fourth-order valence-corrected chi connectivity index (χ4v) is 1.44. The summed E-state index contributed by atoms with van der Waals surface area (Å²) in [7, 11) is 1.54. The van der Waals surface area contributed by atoms with E-state index in [0.29, 0.717) is 11.0 Å². The Morgan fingerprint density at radius 2 is 2.33 bits per heavy atom. The summed E-state index contributed by atoms with van der Waals surface area (Å²) in [5, 5.41) is 7.70. The molecule has 1 rings (SSSR count). The van der Waals surface area contributed by atoms with E-state index in [1.54, 1.807) is 6.07 Å². The number of halogens is 2. The molecule has 0 unspecified atom stereocenters. The molecule has 12 heavy (non-hydrogen) atoms. The van der Waals surface area contributed by atoms with Crippen molar-refractivity contribution in [2.45, 2.75) is 0 Å². The summed E-state index contributed by atoms with van der Waals surface area (Å²) in [6.45, 7) is 0.159. The van der Waals surface area contributed by atoms with Gasteiger partial charge in [-0.1, -0.05) is 11.6 Å². The topological polar surface area (TPSA) is 44.2 Å². The van der Waals surface area contributed by atoms with Crippen LogP contribution in [0.1, 0.15) is 0 Å². The molecule has 0 aliphatic heterocycles. The fraction of sp³-hybridized carbons (Fsp3) is 0.333. The van der Waals surface area contributed by atoms with Gasteiger partial charge in [-0.3, -0.25) is 0 Å². The van der Waals surface area contributed by atoms with Gasteiger partial charge in [-0.25, -0.2) is 0 Å². The first-order valence-electron chi connectivity index (χ1n) is 3.04. The Morgan fingerprint density at radius 3 is 2.92 bits per heavy atom. The summed E-state index contributed by atoms with van der Waals surface area (Å²) < 4.78 is 10.6. The first-order valence-corrected chi connectivity index (χ1v) is 4.50. The van der Waals surface area contributed by atoms with Gasteiger partial charge in [0.05, 0.1) is 3.57 Å². The van der Waals surface area contributed by atoms with E-state index in [1.165, 1.54) is 7.11 Å². The first kappa shape index (κ1) is 9.94. The lowest BCUT2D eigenvalue weighted by Gasteiger charge is -2.03. The van der Waals surface area contributed by atoms with Crippen molar-refractivity contribution in [1.82, 2.24) is 10.2 Å². The van der Waals surface area contributed by atoms with Crippen molar-refractivity contribution in [2.24, 2.45) is 0 Å². The van der Waals surface area contributed by atoms with Crippen molar-refractivity contribution >= 4 is 34.2 Å². The van der Waals surface area contributed by atoms with Gasteiger partial charge in [0.15, 0.2) is 11.9 Å². The minimum absolute atomic E-state index is 0.159. The number of aromatic nitrogens is 2. The van der Waals surface area contributed by atoms with Crippen molar-refractivity contribution in [3.63, 3.8) is 0 Å². The zero-order valence-electron chi connectivity index (χ0n) is 6.25. The average Bonchev–Trinajstić information content (AvgIpc) is 2.03. The van der Waals surface area contributed by atoms with Crippen molar-refractivity contribution in [3.05, 3.63) is 14.8 Å². The molecule has 0 aromatic carbocycles. The summed E-state index contributed by atoms with van der Waals surface area (Å²) in [6.07, 6.45) is 0. The van der Waals surface area contributed by atoms with Gasteiger partial charge in [-0.15, -0.1) is 10.2 Å². The third-order valence-corrected chi connectivity index (χ3v) is 1.96. The molecule has 0 aliphatic carbocycles. The van der Waals surface area contributed by atoms with E-state index in [4.69, 9.17) is 21.1 Å². The monoisotopic (exact) mass is 300 g/mol. The zero-order valence-corrected chi connectivity index (χ0v) is 9.16. The molecule has 4 nitrogen and oxygen atoms in total. The van der Waals surface area contributed by atoms with E-state index < -0.39 is 0 Å². The van der Waals surface area contributed by atoms with Gasteiger partial charge in [0.2, 0.25) is 5.88 Å². The lowest BCUT2D eigenvalue weighted by Crippen LogP contribution is -2.03. The smallest absolute Gasteiger partial charge is 0.249 e. The normalized spacial score (nSPS) is 9.92. The SMILES string of the molecule is COCOc1nnc(Cl)cc1I. The third-order valence-electron chi connectivity index (χ3n) is 1.000. The van der Waals surface area contributed by atoms with Crippen LogP contribution in [0.15, 0.2) is 6.07 Å². The predicted molar refractivity (Wildman–Crippen MR) is 52.3 cm³/mol. The van der Waals surface area contributed by atoms with Crippen LogP contribution < -0.4 is 4.74 Å². The Labute approximate surface area is 88.4 Å². The predicted octanol–water partition coefficient (Wildman–Crippen LogP) is 1.72. The lowest BCUT2D eigenvalue weighted by molar-refractivity contribution is 0.0464. The van der Waals surface area contributed by atoms with E-state index in [1.807, 2.05) is 0 Å². The van der Waals surface area contributed by atoms with Gasteiger partial charge in [0.25, 0.3) is 0 Å². The minimum atomic E-state index is 0.159. The second-order valence-corrected chi connectivity index (χ2v) is 3.42. The van der Waals surface area contributed by atoms with E-state index in [-0.39, 0.29) is 6.79 Å². The van der Waals surface area contributed by atoms with Crippen molar-refractivity contribution < 1.29 is 9.47 Å². The molecular weight excluding hydrogens is 294 g/mol. The Morgan fingerprint density at radius 1 is 1.58 bits per heavy atom. The van der Waals surface area contributed by atoms with Crippen LogP contribution >= 0.6 is 34.2 Å². The molecule has 0 amide bonds. The standard InChI is InChI=1S/C6H6ClIN2O2/c1-11-3-12-6-4(8)2-5(7)9-10-6/h2H,3H2,1H3. The van der Waals surface area contributed by atoms with Gasteiger partial charge in [0, 0.05) is 7.11 Å². The Kier molecular flexibility index (Phi) is 3.96. The number of rotatable bonds is 3. The number of methoxy groups -OCH3 is 1. The summed E-state index contributed by atoms with van der Waals surface area (Å²) >= 11 is 7.64. The van der Waals surface area contributed by atoms with E-state index in [9.17, 15) is 0 Å². The molecule has 0 spiro atoms. The van der Waals surface area contributed by atoms with E-state index >= 15 is 0 Å². The van der Waals surface area contributed by atoms with Gasteiger partial charge >= 0.3 is 0 Å². The molecule has 6 heteroatoms. The number of ether oxygens (including phenoxy) is 2. The molecule has 0 saturated heterocycles. The molecule has 1 aromatic heterocycles. The van der Waals surface area contributed by atoms with Gasteiger partial charge < -0.3 is 9.47 Å². The number of nitrogens with zero attached hydrogens (tertiary/aromatic N) is 2. The van der Waals surface area contributed by atoms with Crippen LogP contribution in [0.2, 0.25) is 5.15 Å². The molecule has 1 heterocycles. The molecular formula is C6H6ClIN2O2. The van der Waals surface area contributed by atoms with E-state index in [2.05, 4.69) is 32.8 Å². The van der Waals surface area contributed by atoms with Crippen LogP contribution in [0, 0.1) is 3.57 Å². The van der Waals surface area contributed by atoms with Crippen molar-refractivity contribution in [3.8, 4) is 5.88 Å². The average molecular weight is 300 g/mol. The molecule has 0 bridgehead atoms. The van der Waals surface area contributed by atoms with Crippen molar-refractivity contribution in [2.75, 3.05) is 13.9 Å². The lowest BCUT2D eigenvalue weighted by atomic mass is 10.6. The summed E-state index contributed by atoms with van der Waals surface area (Å²) in [5.41, 5.74) is 0. The summed E-state index contributed by atoms with van der Waals surface area (Å²) in [5.74, 6) is 0.432. The van der Waals surface area contributed by atoms with Crippen LogP contribution in [0.25, 0.3) is 0 Å². The van der Waals surface area contributed by atoms with Gasteiger partial charge in [0.1, 0.15) is 0 Å². The Hall–Kier alpha value is -0.140. The maximum atomic E-state index is 5.59. The van der Waals surface area contributed by atoms with Crippen LogP contribution in [-0.4, -0.2) is 24.1 Å². The Balaban J connectivity index is 2.72. The van der Waals surface area contributed by atoms with Gasteiger partial charge in [-0.2, -0.15) is 0 Å². The molecule has 1 aromatic rings. The van der Waals surface area contributed by atoms with Crippen LogP contribution in [0.4, 0.5) is 0 Å². The highest BCUT2D eigenvalue weighted by Crippen LogP contribution is 2.18. The van der Waals surface area contributed by atoms with Gasteiger partial charge in [-0.05, 0) is 28.7 Å². The molecule has 0 saturated carbocycles. The van der Waals surface area contributed by atoms with Crippen LogP contribution in [0.3, 0.4) is 0 Å². The largest absolute Gasteiger partial charge is 0.449 e. The van der Waals surface area contributed by atoms with Crippen LogP contribution in [-0.2, 0) is 4.74 Å². The van der Waals surface area contributed by atoms with E-state index in [0.717, 1.165) is 3.57 Å². The molecule has 0 aliphatic rings. The quantitative estimate of drug-likeness (QED) is 0.630. The van der Waals surface area contributed by atoms with Crippen LogP contribution in [0.5, 0.6) is 5.88 Å².